The molecule has 0 aromatic carbocycles. The lowest BCUT2D eigenvalue weighted by Crippen LogP contribution is -2.60. The van der Waals surface area contributed by atoms with Crippen molar-refractivity contribution in [3.05, 3.63) is 0 Å². The van der Waals surface area contributed by atoms with Crippen molar-refractivity contribution >= 4 is 29.9 Å². The highest BCUT2D eigenvalue weighted by Gasteiger charge is 2.38. The second-order valence-corrected chi connectivity index (χ2v) is 9.04. The van der Waals surface area contributed by atoms with Crippen LogP contribution in [0, 0.1) is 0 Å². The molecule has 3 rings (SSSR count). The largest absolute Gasteiger partial charge is 0.355 e. The second-order valence-electron chi connectivity index (χ2n) is 9.04. The average molecular weight is 507 g/mol. The number of guanidine groups is 1. The van der Waals surface area contributed by atoms with Gasteiger partial charge in [-0.15, -0.1) is 24.0 Å². The van der Waals surface area contributed by atoms with Crippen molar-refractivity contribution in [2.45, 2.75) is 62.9 Å². The van der Waals surface area contributed by atoms with Crippen LogP contribution in [0.5, 0.6) is 0 Å². The number of likely N-dealkylation sites (tertiary alicyclic amines) is 1. The molecule has 2 N–H and O–H groups in total. The van der Waals surface area contributed by atoms with Crippen LogP contribution < -0.4 is 10.6 Å². The minimum atomic E-state index is 0. The van der Waals surface area contributed by atoms with E-state index in [4.69, 9.17) is 0 Å². The summed E-state index contributed by atoms with van der Waals surface area (Å²) >= 11 is 0. The maximum absolute atomic E-state index is 4.52. The molecule has 0 amide bonds. The predicted octanol–water partition coefficient (Wildman–Crippen LogP) is 2.20. The summed E-state index contributed by atoms with van der Waals surface area (Å²) in [6, 6.07) is 0.549. The smallest absolute Gasteiger partial charge is 0.191 e. The lowest BCUT2D eigenvalue weighted by atomic mass is 9.79. The summed E-state index contributed by atoms with van der Waals surface area (Å²) in [7, 11) is 6.36. The first-order chi connectivity index (χ1) is 13.1. The maximum atomic E-state index is 4.52. The molecule has 28 heavy (non-hydrogen) atoms. The molecule has 3 fully saturated rings. The van der Waals surface area contributed by atoms with E-state index in [0.29, 0.717) is 11.6 Å². The summed E-state index contributed by atoms with van der Waals surface area (Å²) in [5.74, 6) is 0.971. The van der Waals surface area contributed by atoms with Crippen molar-refractivity contribution in [1.82, 2.24) is 25.3 Å². The summed E-state index contributed by atoms with van der Waals surface area (Å²) in [6.07, 6.45) is 11.0. The van der Waals surface area contributed by atoms with Crippen LogP contribution in [0.25, 0.3) is 0 Å². The number of hydrogen-bond acceptors (Lipinski definition) is 4. The van der Waals surface area contributed by atoms with Gasteiger partial charge in [-0.3, -0.25) is 14.8 Å². The Balaban J connectivity index is 0.00000280. The molecule has 0 aromatic heterocycles. The number of piperazine rings is 1. The molecule has 6 nitrogen and oxygen atoms in total. The standard InChI is InChI=1S/C21H42N6.HI/c1-22-20(23-16-19-17-25(2)14-15-26(19)3)24-18-21(10-6-4-7-11-21)27-12-8-5-9-13-27;/h19H,4-18H2,1-3H3,(H2,22,23,24);1H. The van der Waals surface area contributed by atoms with Crippen LogP contribution in [0.4, 0.5) is 0 Å². The number of nitrogens with one attached hydrogen (secondary N) is 2. The van der Waals surface area contributed by atoms with Gasteiger partial charge in [-0.1, -0.05) is 25.7 Å². The SMILES string of the molecule is CN=C(NCC1CN(C)CCN1C)NCC1(N2CCCCC2)CCCCC1.I. The van der Waals surface area contributed by atoms with E-state index in [9.17, 15) is 0 Å². The molecular weight excluding hydrogens is 463 g/mol. The number of likely N-dealkylation sites (N-methyl/N-ethyl adjacent to an activating group) is 2. The van der Waals surface area contributed by atoms with Crippen molar-refractivity contribution in [3.8, 4) is 0 Å². The first-order valence-corrected chi connectivity index (χ1v) is 11.2. The second kappa shape index (κ2) is 11.9. The van der Waals surface area contributed by atoms with Gasteiger partial charge in [0.2, 0.25) is 0 Å². The molecule has 1 unspecified atom stereocenters. The monoisotopic (exact) mass is 506 g/mol. The Labute approximate surface area is 189 Å². The van der Waals surface area contributed by atoms with Crippen molar-refractivity contribution < 1.29 is 0 Å². The molecule has 2 saturated heterocycles. The van der Waals surface area contributed by atoms with Crippen LogP contribution in [-0.2, 0) is 0 Å². The number of rotatable bonds is 5. The zero-order chi connectivity index (χ0) is 19.1. The Morgan fingerprint density at radius 3 is 2.29 bits per heavy atom. The fraction of sp³-hybridized carbons (Fsp3) is 0.952. The summed E-state index contributed by atoms with van der Waals surface area (Å²) in [4.78, 5) is 12.2. The van der Waals surface area contributed by atoms with Crippen LogP contribution in [0.15, 0.2) is 4.99 Å². The molecule has 164 valence electrons. The van der Waals surface area contributed by atoms with Gasteiger partial charge in [0.05, 0.1) is 0 Å². The fourth-order valence-corrected chi connectivity index (χ4v) is 5.19. The van der Waals surface area contributed by atoms with Gasteiger partial charge in [-0.25, -0.2) is 0 Å². The number of hydrogen-bond donors (Lipinski definition) is 2. The van der Waals surface area contributed by atoms with E-state index in [1.165, 1.54) is 71.0 Å². The molecule has 2 aliphatic heterocycles. The highest BCUT2D eigenvalue weighted by Crippen LogP contribution is 2.35. The van der Waals surface area contributed by atoms with Gasteiger partial charge in [-0.05, 0) is 52.9 Å². The van der Waals surface area contributed by atoms with E-state index in [2.05, 4.69) is 44.4 Å². The number of nitrogens with zero attached hydrogens (tertiary/aromatic N) is 4. The summed E-state index contributed by atoms with van der Waals surface area (Å²) in [5, 5.41) is 7.31. The van der Waals surface area contributed by atoms with Crippen LogP contribution in [0.1, 0.15) is 51.4 Å². The molecule has 0 radical (unpaired) electrons. The molecular formula is C21H43IN6. The lowest BCUT2D eigenvalue weighted by molar-refractivity contribution is 0.0367. The van der Waals surface area contributed by atoms with Crippen molar-refractivity contribution in [3.63, 3.8) is 0 Å². The van der Waals surface area contributed by atoms with Gasteiger partial charge in [0.1, 0.15) is 0 Å². The number of piperidine rings is 1. The van der Waals surface area contributed by atoms with Crippen LogP contribution in [-0.4, -0.2) is 99.2 Å². The minimum Gasteiger partial charge on any atom is -0.355 e. The number of halogens is 1. The Bertz CT molecular complexity index is 474. The minimum absolute atomic E-state index is 0. The van der Waals surface area contributed by atoms with Crippen LogP contribution >= 0.6 is 24.0 Å². The normalized spacial score (nSPS) is 27.8. The van der Waals surface area contributed by atoms with Gasteiger partial charge >= 0.3 is 0 Å². The molecule has 1 saturated carbocycles. The number of aliphatic imine (C=N–C) groups is 1. The zero-order valence-electron chi connectivity index (χ0n) is 18.4. The predicted molar refractivity (Wildman–Crippen MR) is 130 cm³/mol. The van der Waals surface area contributed by atoms with E-state index in [0.717, 1.165) is 32.1 Å². The third kappa shape index (κ3) is 6.44. The van der Waals surface area contributed by atoms with Gasteiger partial charge < -0.3 is 15.5 Å². The zero-order valence-corrected chi connectivity index (χ0v) is 20.7. The molecule has 0 bridgehead atoms. The van der Waals surface area contributed by atoms with Gasteiger partial charge in [0, 0.05) is 51.4 Å². The molecule has 1 atom stereocenters. The van der Waals surface area contributed by atoms with Crippen molar-refractivity contribution in [2.24, 2.45) is 4.99 Å². The van der Waals surface area contributed by atoms with Gasteiger partial charge in [0.15, 0.2) is 5.96 Å². The Morgan fingerprint density at radius 2 is 1.61 bits per heavy atom. The highest BCUT2D eigenvalue weighted by atomic mass is 127. The first-order valence-electron chi connectivity index (χ1n) is 11.2. The van der Waals surface area contributed by atoms with E-state index in [1.807, 2.05) is 7.05 Å². The van der Waals surface area contributed by atoms with Crippen LogP contribution in [0.3, 0.4) is 0 Å². The summed E-state index contributed by atoms with van der Waals surface area (Å²) in [5.41, 5.74) is 0.345. The average Bonchev–Trinajstić information content (AvgIpc) is 2.72. The molecule has 7 heteroatoms. The molecule has 2 heterocycles. The van der Waals surface area contributed by atoms with E-state index < -0.39 is 0 Å². The van der Waals surface area contributed by atoms with E-state index >= 15 is 0 Å². The molecule has 0 aromatic rings. The first kappa shape index (κ1) is 24.2. The summed E-state index contributed by atoms with van der Waals surface area (Å²) < 4.78 is 0. The Morgan fingerprint density at radius 1 is 0.929 bits per heavy atom. The van der Waals surface area contributed by atoms with E-state index in [1.54, 1.807) is 0 Å². The Hall–Kier alpha value is -0.120. The van der Waals surface area contributed by atoms with Crippen LogP contribution in [0.2, 0.25) is 0 Å². The Kier molecular flexibility index (Phi) is 10.3. The lowest BCUT2D eigenvalue weighted by Gasteiger charge is -2.48. The topological polar surface area (TPSA) is 46.1 Å². The fourth-order valence-electron chi connectivity index (χ4n) is 5.19. The van der Waals surface area contributed by atoms with E-state index in [-0.39, 0.29) is 24.0 Å². The third-order valence-electron chi connectivity index (χ3n) is 7.10. The maximum Gasteiger partial charge on any atom is 0.191 e. The quantitative estimate of drug-likeness (QED) is 0.340. The van der Waals surface area contributed by atoms with Gasteiger partial charge in [0.25, 0.3) is 0 Å². The summed E-state index contributed by atoms with van der Waals surface area (Å²) in [6.45, 7) is 7.99. The molecule has 1 aliphatic carbocycles. The molecule has 3 aliphatic rings. The highest BCUT2D eigenvalue weighted by molar-refractivity contribution is 14.0. The van der Waals surface area contributed by atoms with Crippen molar-refractivity contribution in [2.75, 3.05) is 67.0 Å². The van der Waals surface area contributed by atoms with Crippen molar-refractivity contribution in [1.29, 1.82) is 0 Å². The molecule has 0 spiro atoms. The third-order valence-corrected chi connectivity index (χ3v) is 7.10. The van der Waals surface area contributed by atoms with Gasteiger partial charge in [-0.2, -0.15) is 0 Å².